The molecule has 0 amide bonds. The molecule has 2 saturated heterocycles. The Morgan fingerprint density at radius 1 is 1.08 bits per heavy atom. The van der Waals surface area contributed by atoms with Gasteiger partial charge in [0.05, 0.1) is 6.10 Å². The Bertz CT molecular complexity index is 472. The number of ether oxygens (including phenoxy) is 1. The van der Waals surface area contributed by atoms with Crippen molar-refractivity contribution in [3.05, 3.63) is 0 Å². The summed E-state index contributed by atoms with van der Waals surface area (Å²) in [4.78, 5) is 7.16. The van der Waals surface area contributed by atoms with Crippen LogP contribution in [0.3, 0.4) is 0 Å². The van der Waals surface area contributed by atoms with Crippen LogP contribution in [0.25, 0.3) is 0 Å². The Kier molecular flexibility index (Phi) is 5.67. The molecule has 4 fully saturated rings. The van der Waals surface area contributed by atoms with E-state index in [0.29, 0.717) is 24.1 Å². The summed E-state index contributed by atoms with van der Waals surface area (Å²) in [6, 6.07) is 1.95. The van der Waals surface area contributed by atoms with Gasteiger partial charge in [-0.3, -0.25) is 4.99 Å². The minimum Gasteiger partial charge on any atom is -0.377 e. The van der Waals surface area contributed by atoms with Crippen LogP contribution in [0.2, 0.25) is 0 Å². The maximum atomic E-state index is 5.90. The molecular weight excluding hydrogens is 415 g/mol. The topological polar surface area (TPSA) is 48.9 Å². The van der Waals surface area contributed by atoms with Crippen molar-refractivity contribution >= 4 is 29.9 Å². The number of nitrogens with zero attached hydrogens (tertiary/aromatic N) is 2. The Balaban J connectivity index is 0.00000169. The van der Waals surface area contributed by atoms with E-state index in [9.17, 15) is 0 Å². The Hall–Kier alpha value is -0.0800. The van der Waals surface area contributed by atoms with E-state index in [-0.39, 0.29) is 29.4 Å². The van der Waals surface area contributed by atoms with Crippen LogP contribution in [0.4, 0.5) is 0 Å². The number of guanidine groups is 1. The first kappa shape index (κ1) is 18.7. The van der Waals surface area contributed by atoms with Gasteiger partial charge in [-0.15, -0.1) is 24.0 Å². The van der Waals surface area contributed by atoms with Gasteiger partial charge in [0.1, 0.15) is 0 Å². The standard InChI is InChI=1S/C18H32N4O.HI/c1-18(2)15(14-8-11-23-16(14)18)21-17(19-3)20-12-6-9-22(10-7-12)13-4-5-13;/h12-16H,4-11H2,1-3H3,(H2,19,20,21);1H. The molecule has 0 aromatic rings. The molecule has 6 heteroatoms. The SMILES string of the molecule is CN=C(NC1CCN(C2CC2)CC1)NC1C2CCOC2C1(C)C.I. The summed E-state index contributed by atoms with van der Waals surface area (Å²) in [5.41, 5.74) is 0.203. The number of likely N-dealkylation sites (tertiary alicyclic amines) is 1. The molecule has 138 valence electrons. The summed E-state index contributed by atoms with van der Waals surface area (Å²) in [5, 5.41) is 7.38. The first-order valence-electron chi connectivity index (χ1n) is 9.45. The zero-order valence-corrected chi connectivity index (χ0v) is 17.6. The quantitative estimate of drug-likeness (QED) is 0.395. The Morgan fingerprint density at radius 2 is 1.79 bits per heavy atom. The van der Waals surface area contributed by atoms with E-state index < -0.39 is 0 Å². The smallest absolute Gasteiger partial charge is 0.191 e. The van der Waals surface area contributed by atoms with Crippen LogP contribution < -0.4 is 10.6 Å². The fourth-order valence-electron chi connectivity index (χ4n) is 4.98. The van der Waals surface area contributed by atoms with Crippen LogP contribution in [0.15, 0.2) is 4.99 Å². The molecule has 0 bridgehead atoms. The van der Waals surface area contributed by atoms with Crippen LogP contribution in [0, 0.1) is 11.3 Å². The van der Waals surface area contributed by atoms with Crippen LogP contribution in [0.5, 0.6) is 0 Å². The highest BCUT2D eigenvalue weighted by molar-refractivity contribution is 14.0. The maximum Gasteiger partial charge on any atom is 0.191 e. The molecule has 0 spiro atoms. The molecule has 2 aliphatic carbocycles. The third kappa shape index (κ3) is 3.43. The number of rotatable bonds is 3. The first-order chi connectivity index (χ1) is 11.1. The number of aliphatic imine (C=N–C) groups is 1. The van der Waals surface area contributed by atoms with Crippen molar-refractivity contribution < 1.29 is 4.74 Å². The van der Waals surface area contributed by atoms with Crippen LogP contribution in [-0.2, 0) is 4.74 Å². The molecule has 0 radical (unpaired) electrons. The van der Waals surface area contributed by atoms with E-state index in [1.165, 1.54) is 45.2 Å². The van der Waals surface area contributed by atoms with E-state index in [2.05, 4.69) is 34.4 Å². The number of hydrogen-bond donors (Lipinski definition) is 2. The molecule has 3 atom stereocenters. The Morgan fingerprint density at radius 3 is 2.42 bits per heavy atom. The zero-order chi connectivity index (χ0) is 16.0. The van der Waals surface area contributed by atoms with Crippen LogP contribution in [0.1, 0.15) is 46.0 Å². The summed E-state index contributed by atoms with van der Waals surface area (Å²) in [5.74, 6) is 1.64. The predicted molar refractivity (Wildman–Crippen MR) is 108 cm³/mol. The molecule has 0 aromatic heterocycles. The molecule has 5 nitrogen and oxygen atoms in total. The minimum atomic E-state index is 0. The Labute approximate surface area is 163 Å². The van der Waals surface area contributed by atoms with Gasteiger partial charge in [0, 0.05) is 56.2 Å². The zero-order valence-electron chi connectivity index (χ0n) is 15.3. The molecule has 2 heterocycles. The van der Waals surface area contributed by atoms with Gasteiger partial charge in [0.25, 0.3) is 0 Å². The maximum absolute atomic E-state index is 5.90. The van der Waals surface area contributed by atoms with Gasteiger partial charge in [-0.05, 0) is 32.1 Å². The molecular formula is C18H33IN4O. The average Bonchev–Trinajstić information content (AvgIpc) is 3.30. The van der Waals surface area contributed by atoms with Gasteiger partial charge in [-0.1, -0.05) is 13.8 Å². The summed E-state index contributed by atoms with van der Waals surface area (Å²) in [7, 11) is 1.89. The van der Waals surface area contributed by atoms with E-state index >= 15 is 0 Å². The second-order valence-electron chi connectivity index (χ2n) is 8.45. The van der Waals surface area contributed by atoms with Gasteiger partial charge in [0.2, 0.25) is 0 Å². The van der Waals surface area contributed by atoms with Crippen molar-refractivity contribution in [1.29, 1.82) is 0 Å². The summed E-state index contributed by atoms with van der Waals surface area (Å²) in [6.07, 6.45) is 6.93. The number of nitrogens with one attached hydrogen (secondary N) is 2. The second kappa shape index (κ2) is 7.27. The third-order valence-corrected chi connectivity index (χ3v) is 6.55. The second-order valence-corrected chi connectivity index (χ2v) is 8.45. The summed E-state index contributed by atoms with van der Waals surface area (Å²) < 4.78 is 5.90. The molecule has 3 unspecified atom stereocenters. The third-order valence-electron chi connectivity index (χ3n) is 6.55. The van der Waals surface area contributed by atoms with E-state index in [1.807, 2.05) is 7.05 Å². The molecule has 0 aromatic carbocycles. The first-order valence-corrected chi connectivity index (χ1v) is 9.45. The highest BCUT2D eigenvalue weighted by atomic mass is 127. The number of halogens is 1. The van der Waals surface area contributed by atoms with E-state index in [4.69, 9.17) is 4.74 Å². The lowest BCUT2D eigenvalue weighted by Gasteiger charge is -2.55. The van der Waals surface area contributed by atoms with Crippen molar-refractivity contribution in [3.8, 4) is 0 Å². The number of fused-ring (bicyclic) bond motifs is 1. The highest BCUT2D eigenvalue weighted by Gasteiger charge is 2.59. The van der Waals surface area contributed by atoms with Crippen LogP contribution in [-0.4, -0.2) is 61.8 Å². The lowest BCUT2D eigenvalue weighted by atomic mass is 9.57. The van der Waals surface area contributed by atoms with E-state index in [1.54, 1.807) is 0 Å². The van der Waals surface area contributed by atoms with Gasteiger partial charge >= 0.3 is 0 Å². The van der Waals surface area contributed by atoms with Gasteiger partial charge < -0.3 is 20.3 Å². The predicted octanol–water partition coefficient (Wildman–Crippen LogP) is 2.21. The molecule has 4 rings (SSSR count). The summed E-state index contributed by atoms with van der Waals surface area (Å²) >= 11 is 0. The minimum absolute atomic E-state index is 0. The highest BCUT2D eigenvalue weighted by Crippen LogP contribution is 2.52. The lowest BCUT2D eigenvalue weighted by molar-refractivity contribution is -0.106. The fraction of sp³-hybridized carbons (Fsp3) is 0.944. The largest absolute Gasteiger partial charge is 0.377 e. The summed E-state index contributed by atoms with van der Waals surface area (Å²) in [6.45, 7) is 8.04. The van der Waals surface area contributed by atoms with Crippen molar-refractivity contribution in [2.24, 2.45) is 16.3 Å². The van der Waals surface area contributed by atoms with Gasteiger partial charge in [0.15, 0.2) is 5.96 Å². The average molecular weight is 448 g/mol. The molecule has 2 N–H and O–H groups in total. The van der Waals surface area contributed by atoms with Crippen LogP contribution >= 0.6 is 24.0 Å². The normalized spacial score (nSPS) is 36.5. The molecule has 2 saturated carbocycles. The van der Waals surface area contributed by atoms with Crippen molar-refractivity contribution in [1.82, 2.24) is 15.5 Å². The molecule has 2 aliphatic heterocycles. The van der Waals surface area contributed by atoms with Gasteiger partial charge in [-0.25, -0.2) is 0 Å². The monoisotopic (exact) mass is 448 g/mol. The fourth-order valence-corrected chi connectivity index (χ4v) is 4.98. The van der Waals surface area contributed by atoms with Crippen molar-refractivity contribution in [2.75, 3.05) is 26.7 Å². The van der Waals surface area contributed by atoms with Crippen molar-refractivity contribution in [3.63, 3.8) is 0 Å². The number of hydrogen-bond acceptors (Lipinski definition) is 3. The van der Waals surface area contributed by atoms with Crippen molar-refractivity contribution in [2.45, 2.75) is 70.2 Å². The number of piperidine rings is 1. The van der Waals surface area contributed by atoms with Gasteiger partial charge in [-0.2, -0.15) is 0 Å². The molecule has 4 aliphatic rings. The lowest BCUT2D eigenvalue weighted by Crippen LogP contribution is -2.68. The van der Waals surface area contributed by atoms with E-state index in [0.717, 1.165) is 18.6 Å². The molecule has 24 heavy (non-hydrogen) atoms.